The van der Waals surface area contributed by atoms with Crippen LogP contribution in [0, 0.1) is 0 Å². The molecule has 0 radical (unpaired) electrons. The maximum atomic E-state index is 11.9. The van der Waals surface area contributed by atoms with Crippen LogP contribution in [0.1, 0.15) is 22.3 Å². The van der Waals surface area contributed by atoms with Crippen LogP contribution in [0.4, 0.5) is 5.69 Å². The third-order valence-electron chi connectivity index (χ3n) is 3.19. The Bertz CT molecular complexity index is 756. The first-order valence-electron chi connectivity index (χ1n) is 6.74. The van der Waals surface area contributed by atoms with Gasteiger partial charge in [-0.05, 0) is 36.2 Å². The van der Waals surface area contributed by atoms with Crippen LogP contribution < -0.4 is 5.32 Å². The number of hydrogen-bond acceptors (Lipinski definition) is 5. The molecule has 23 heavy (non-hydrogen) atoms. The molecule has 0 unspecified atom stereocenters. The lowest BCUT2D eigenvalue weighted by Crippen LogP contribution is -2.15. The summed E-state index contributed by atoms with van der Waals surface area (Å²) in [6.07, 6.45) is 0.333. The molecule has 0 heterocycles. The molecule has 120 valence electrons. The van der Waals surface area contributed by atoms with Crippen molar-refractivity contribution in [3.63, 3.8) is 0 Å². The van der Waals surface area contributed by atoms with Crippen molar-refractivity contribution in [1.82, 2.24) is 0 Å². The number of rotatable bonds is 5. The number of carboxylic acids is 1. The van der Waals surface area contributed by atoms with Crippen molar-refractivity contribution in [2.45, 2.75) is 12.8 Å². The van der Waals surface area contributed by atoms with E-state index in [1.807, 2.05) is 0 Å². The van der Waals surface area contributed by atoms with Crippen molar-refractivity contribution in [2.24, 2.45) is 0 Å². The maximum absolute atomic E-state index is 11.9. The zero-order valence-corrected chi connectivity index (χ0v) is 12.0. The van der Waals surface area contributed by atoms with Crippen molar-refractivity contribution in [3.05, 3.63) is 47.5 Å². The maximum Gasteiger partial charge on any atom is 0.337 e. The number of carbonyl (C=O) groups excluding carboxylic acids is 1. The molecule has 1 amide bonds. The van der Waals surface area contributed by atoms with E-state index in [-0.39, 0.29) is 34.9 Å². The van der Waals surface area contributed by atoms with Gasteiger partial charge in [0.05, 0.1) is 11.3 Å². The van der Waals surface area contributed by atoms with Gasteiger partial charge in [0, 0.05) is 12.5 Å². The van der Waals surface area contributed by atoms with Crippen LogP contribution in [0.15, 0.2) is 36.4 Å². The number of carboxylic acid groups (broad SMARTS) is 1. The van der Waals surface area contributed by atoms with Gasteiger partial charge in [0.2, 0.25) is 5.91 Å². The fraction of sp³-hybridized carbons (Fsp3) is 0.125. The molecule has 2 aromatic rings. The van der Waals surface area contributed by atoms with E-state index in [9.17, 15) is 24.9 Å². The Labute approximate surface area is 131 Å². The minimum Gasteiger partial charge on any atom is -0.508 e. The molecule has 2 aromatic carbocycles. The highest BCUT2D eigenvalue weighted by atomic mass is 16.4. The van der Waals surface area contributed by atoms with Crippen molar-refractivity contribution < 1.29 is 30.0 Å². The Morgan fingerprint density at radius 2 is 1.70 bits per heavy atom. The van der Waals surface area contributed by atoms with Crippen molar-refractivity contribution in [1.29, 1.82) is 0 Å². The molecule has 5 N–H and O–H groups in total. The van der Waals surface area contributed by atoms with Crippen LogP contribution in [0.25, 0.3) is 0 Å². The summed E-state index contributed by atoms with van der Waals surface area (Å²) in [7, 11) is 0. The van der Waals surface area contributed by atoms with Crippen molar-refractivity contribution >= 4 is 17.6 Å². The second-order valence-electron chi connectivity index (χ2n) is 4.91. The summed E-state index contributed by atoms with van der Waals surface area (Å²) in [4.78, 5) is 23.0. The van der Waals surface area contributed by atoms with Crippen LogP contribution in [0.2, 0.25) is 0 Å². The number of carbonyl (C=O) groups is 2. The highest BCUT2D eigenvalue weighted by molar-refractivity contribution is 6.00. The zero-order valence-electron chi connectivity index (χ0n) is 12.0. The molecule has 2 rings (SSSR count). The van der Waals surface area contributed by atoms with E-state index in [0.717, 1.165) is 6.07 Å². The molecule has 0 atom stereocenters. The average Bonchev–Trinajstić information content (AvgIpc) is 2.48. The van der Waals surface area contributed by atoms with E-state index < -0.39 is 11.9 Å². The highest BCUT2D eigenvalue weighted by Gasteiger charge is 2.13. The fourth-order valence-corrected chi connectivity index (χ4v) is 2.02. The monoisotopic (exact) mass is 317 g/mol. The first-order chi connectivity index (χ1) is 10.9. The minimum atomic E-state index is -1.22. The molecular weight excluding hydrogens is 302 g/mol. The fourth-order valence-electron chi connectivity index (χ4n) is 2.02. The lowest BCUT2D eigenvalue weighted by molar-refractivity contribution is -0.116. The van der Waals surface area contributed by atoms with E-state index in [0.29, 0.717) is 12.0 Å². The molecule has 0 fully saturated rings. The molecule has 0 saturated carbocycles. The van der Waals surface area contributed by atoms with Crippen LogP contribution in [-0.2, 0) is 11.2 Å². The minimum absolute atomic E-state index is 0.0102. The standard InChI is InChI=1S/C16H15NO6/c18-10-3-4-11(16(22)23)12(8-10)17-15(21)6-2-9-1-5-13(19)14(20)7-9/h1,3-5,7-8,18-20H,2,6H2,(H,17,21)(H,22,23). The Hall–Kier alpha value is -3.22. The van der Waals surface area contributed by atoms with E-state index in [1.54, 1.807) is 6.07 Å². The van der Waals surface area contributed by atoms with E-state index >= 15 is 0 Å². The quantitative estimate of drug-likeness (QED) is 0.537. The summed E-state index contributed by atoms with van der Waals surface area (Å²) in [6, 6.07) is 7.82. The van der Waals surface area contributed by atoms with Gasteiger partial charge in [0.1, 0.15) is 5.75 Å². The SMILES string of the molecule is O=C(CCc1ccc(O)c(O)c1)Nc1cc(O)ccc1C(=O)O. The first kappa shape index (κ1) is 16.2. The van der Waals surface area contributed by atoms with Gasteiger partial charge >= 0.3 is 5.97 Å². The molecule has 0 aliphatic heterocycles. The van der Waals surface area contributed by atoms with Crippen molar-refractivity contribution in [3.8, 4) is 17.2 Å². The molecular formula is C16H15NO6. The number of aromatic hydroxyl groups is 3. The number of aryl methyl sites for hydroxylation is 1. The predicted octanol–water partition coefficient (Wildman–Crippen LogP) is 2.07. The lowest BCUT2D eigenvalue weighted by atomic mass is 10.1. The summed E-state index contributed by atoms with van der Waals surface area (Å²) >= 11 is 0. The molecule has 0 aliphatic rings. The number of amides is 1. The van der Waals surface area contributed by atoms with Crippen LogP contribution in [0.3, 0.4) is 0 Å². The Balaban J connectivity index is 2.03. The van der Waals surface area contributed by atoms with E-state index in [2.05, 4.69) is 5.32 Å². The van der Waals surface area contributed by atoms with Gasteiger partial charge < -0.3 is 25.7 Å². The summed E-state index contributed by atoms with van der Waals surface area (Å²) in [5, 5.41) is 39.5. The second kappa shape index (κ2) is 6.69. The van der Waals surface area contributed by atoms with Crippen LogP contribution in [0.5, 0.6) is 17.2 Å². The normalized spacial score (nSPS) is 10.3. The molecule has 7 nitrogen and oxygen atoms in total. The van der Waals surface area contributed by atoms with Gasteiger partial charge in [-0.2, -0.15) is 0 Å². The topological polar surface area (TPSA) is 127 Å². The highest BCUT2D eigenvalue weighted by Crippen LogP contribution is 2.26. The van der Waals surface area contributed by atoms with Crippen molar-refractivity contribution in [2.75, 3.05) is 5.32 Å². The van der Waals surface area contributed by atoms with Gasteiger partial charge in [-0.25, -0.2) is 4.79 Å². The first-order valence-corrected chi connectivity index (χ1v) is 6.74. The summed E-state index contributed by atoms with van der Waals surface area (Å²) in [5.74, 6) is -2.34. The number of phenols is 3. The molecule has 0 bridgehead atoms. The number of aromatic carboxylic acids is 1. The Kier molecular flexibility index (Phi) is 4.70. The average molecular weight is 317 g/mol. The van der Waals surface area contributed by atoms with E-state index in [1.165, 1.54) is 24.3 Å². The smallest absolute Gasteiger partial charge is 0.337 e. The largest absolute Gasteiger partial charge is 0.508 e. The molecule has 0 aliphatic carbocycles. The third kappa shape index (κ3) is 4.13. The Morgan fingerprint density at radius 3 is 2.35 bits per heavy atom. The Morgan fingerprint density at radius 1 is 0.957 bits per heavy atom. The summed E-state index contributed by atoms with van der Waals surface area (Å²) in [6.45, 7) is 0. The number of anilines is 1. The van der Waals surface area contributed by atoms with Gasteiger partial charge in [-0.15, -0.1) is 0 Å². The predicted molar refractivity (Wildman–Crippen MR) is 81.8 cm³/mol. The van der Waals surface area contributed by atoms with Crippen LogP contribution >= 0.6 is 0 Å². The van der Waals surface area contributed by atoms with Gasteiger partial charge in [0.15, 0.2) is 11.5 Å². The van der Waals surface area contributed by atoms with Crippen LogP contribution in [-0.4, -0.2) is 32.3 Å². The number of phenolic OH excluding ortho intramolecular Hbond substituents is 3. The number of nitrogens with one attached hydrogen (secondary N) is 1. The lowest BCUT2D eigenvalue weighted by Gasteiger charge is -2.09. The van der Waals surface area contributed by atoms with Gasteiger partial charge in [0.25, 0.3) is 0 Å². The third-order valence-corrected chi connectivity index (χ3v) is 3.19. The zero-order chi connectivity index (χ0) is 17.0. The summed E-state index contributed by atoms with van der Waals surface area (Å²) < 4.78 is 0. The molecule has 0 spiro atoms. The number of hydrogen-bond donors (Lipinski definition) is 5. The van der Waals surface area contributed by atoms with Gasteiger partial charge in [-0.3, -0.25) is 4.79 Å². The molecule has 0 saturated heterocycles. The molecule has 0 aromatic heterocycles. The second-order valence-corrected chi connectivity index (χ2v) is 4.91. The molecule has 7 heteroatoms. The van der Waals surface area contributed by atoms with Gasteiger partial charge in [-0.1, -0.05) is 6.07 Å². The van der Waals surface area contributed by atoms with E-state index in [4.69, 9.17) is 5.11 Å². The number of benzene rings is 2. The summed E-state index contributed by atoms with van der Waals surface area (Å²) in [5.41, 5.74) is 0.527.